The zero-order chi connectivity index (χ0) is 11.6. The van der Waals surface area contributed by atoms with Crippen LogP contribution in [0.2, 0.25) is 0 Å². The number of nitrogens with one attached hydrogen (secondary N) is 2. The summed E-state index contributed by atoms with van der Waals surface area (Å²) in [5.74, 6) is 0. The average Bonchev–Trinajstić information content (AvgIpc) is 2.33. The minimum Gasteiger partial charge on any atom is -0.323 e. The summed E-state index contributed by atoms with van der Waals surface area (Å²) >= 11 is 0. The van der Waals surface area contributed by atoms with Gasteiger partial charge in [-0.25, -0.2) is 0 Å². The minimum atomic E-state index is 0.872. The molecule has 0 aromatic heterocycles. The molecule has 0 radical (unpaired) electrons. The van der Waals surface area contributed by atoms with Crippen LogP contribution in [0.5, 0.6) is 0 Å². The first-order valence-electron chi connectivity index (χ1n) is 7.21. The van der Waals surface area contributed by atoms with Gasteiger partial charge in [0.25, 0.3) is 0 Å². The van der Waals surface area contributed by atoms with Crippen LogP contribution in [0.3, 0.4) is 0 Å². The second-order valence-electron chi connectivity index (χ2n) is 5.34. The van der Waals surface area contributed by atoms with Crippen molar-refractivity contribution < 1.29 is 0 Å². The fraction of sp³-hybridized carbons (Fsp3) is 1.00. The van der Waals surface area contributed by atoms with Gasteiger partial charge in [0.15, 0.2) is 0 Å². The molecule has 0 spiro atoms. The Kier molecular flexibility index (Phi) is 7.87. The van der Waals surface area contributed by atoms with Crippen molar-refractivity contribution in [3.8, 4) is 0 Å². The molecule has 0 saturated heterocycles. The molecule has 16 heavy (non-hydrogen) atoms. The Balaban J connectivity index is 0.000000386. The third-order valence-corrected chi connectivity index (χ3v) is 3.68. The molecule has 0 bridgehead atoms. The first-order chi connectivity index (χ1) is 7.86. The van der Waals surface area contributed by atoms with E-state index in [-0.39, 0.29) is 0 Å². The predicted molar refractivity (Wildman–Crippen MR) is 71.9 cm³/mol. The smallest absolute Gasteiger partial charge is 0.00696 e. The standard InChI is InChI=1S/C12H23N.C2H7N/c1-3-7-11(8-4-1)13-12-9-5-2-6-10-12;1-3-2/h11-13H,1-10H2;3H,1-2H3. The van der Waals surface area contributed by atoms with E-state index in [0.29, 0.717) is 0 Å². The van der Waals surface area contributed by atoms with Crippen LogP contribution in [0, 0.1) is 0 Å². The molecule has 0 amide bonds. The lowest BCUT2D eigenvalue weighted by molar-refractivity contribution is 0.291. The van der Waals surface area contributed by atoms with Crippen molar-refractivity contribution >= 4 is 0 Å². The normalized spacial score (nSPS) is 23.6. The number of hydrogen-bond acceptors (Lipinski definition) is 2. The van der Waals surface area contributed by atoms with Gasteiger partial charge in [-0.2, -0.15) is 0 Å². The zero-order valence-electron chi connectivity index (χ0n) is 11.2. The van der Waals surface area contributed by atoms with Crippen molar-refractivity contribution in [3.05, 3.63) is 0 Å². The molecule has 2 saturated carbocycles. The lowest BCUT2D eigenvalue weighted by Crippen LogP contribution is -2.40. The van der Waals surface area contributed by atoms with Crippen LogP contribution in [0.4, 0.5) is 0 Å². The highest BCUT2D eigenvalue weighted by molar-refractivity contribution is 4.79. The van der Waals surface area contributed by atoms with Gasteiger partial charge >= 0.3 is 0 Å². The molecular formula is C14H30N2. The summed E-state index contributed by atoms with van der Waals surface area (Å²) in [6.45, 7) is 0. The summed E-state index contributed by atoms with van der Waals surface area (Å²) in [6, 6.07) is 1.74. The maximum Gasteiger partial charge on any atom is 0.00696 e. The van der Waals surface area contributed by atoms with Gasteiger partial charge in [0.05, 0.1) is 0 Å². The maximum atomic E-state index is 3.86. The summed E-state index contributed by atoms with van der Waals surface area (Å²) in [6.07, 6.45) is 14.6. The molecule has 2 nitrogen and oxygen atoms in total. The van der Waals surface area contributed by atoms with E-state index < -0.39 is 0 Å². The van der Waals surface area contributed by atoms with Crippen LogP contribution in [0.15, 0.2) is 0 Å². The topological polar surface area (TPSA) is 24.1 Å². The third-order valence-electron chi connectivity index (χ3n) is 3.68. The quantitative estimate of drug-likeness (QED) is 0.756. The molecule has 2 heteroatoms. The van der Waals surface area contributed by atoms with Gasteiger partial charge in [-0.1, -0.05) is 38.5 Å². The molecule has 0 heterocycles. The summed E-state index contributed by atoms with van der Waals surface area (Å²) in [5, 5.41) is 6.61. The van der Waals surface area contributed by atoms with Crippen LogP contribution in [0.25, 0.3) is 0 Å². The van der Waals surface area contributed by atoms with Crippen molar-refractivity contribution in [2.24, 2.45) is 0 Å². The summed E-state index contributed by atoms with van der Waals surface area (Å²) in [7, 11) is 3.75. The first-order valence-corrected chi connectivity index (χ1v) is 7.21. The van der Waals surface area contributed by atoms with E-state index in [1.807, 2.05) is 14.1 Å². The molecular weight excluding hydrogens is 196 g/mol. The molecule has 0 aromatic rings. The Morgan fingerprint density at radius 3 is 1.25 bits per heavy atom. The lowest BCUT2D eigenvalue weighted by Gasteiger charge is -2.30. The van der Waals surface area contributed by atoms with E-state index in [4.69, 9.17) is 0 Å². The summed E-state index contributed by atoms with van der Waals surface area (Å²) in [5.41, 5.74) is 0. The summed E-state index contributed by atoms with van der Waals surface area (Å²) in [4.78, 5) is 0. The van der Waals surface area contributed by atoms with Crippen LogP contribution < -0.4 is 10.6 Å². The van der Waals surface area contributed by atoms with Crippen molar-refractivity contribution in [3.63, 3.8) is 0 Å². The maximum absolute atomic E-state index is 3.86. The van der Waals surface area contributed by atoms with Crippen LogP contribution >= 0.6 is 0 Å². The van der Waals surface area contributed by atoms with Crippen molar-refractivity contribution in [2.45, 2.75) is 76.3 Å². The Bertz CT molecular complexity index is 131. The number of hydrogen-bond donors (Lipinski definition) is 2. The van der Waals surface area contributed by atoms with E-state index in [9.17, 15) is 0 Å². The Morgan fingerprint density at radius 1 is 0.625 bits per heavy atom. The first kappa shape index (κ1) is 14.0. The van der Waals surface area contributed by atoms with Crippen LogP contribution in [0.1, 0.15) is 64.2 Å². The molecule has 0 unspecified atom stereocenters. The van der Waals surface area contributed by atoms with E-state index in [1.165, 1.54) is 64.2 Å². The predicted octanol–water partition coefficient (Wildman–Crippen LogP) is 3.08. The van der Waals surface area contributed by atoms with Gasteiger partial charge in [0.1, 0.15) is 0 Å². The van der Waals surface area contributed by atoms with Crippen molar-refractivity contribution in [1.82, 2.24) is 10.6 Å². The van der Waals surface area contributed by atoms with Crippen molar-refractivity contribution in [1.29, 1.82) is 0 Å². The molecule has 96 valence electrons. The molecule has 2 fully saturated rings. The minimum absolute atomic E-state index is 0.872. The fourth-order valence-electron chi connectivity index (χ4n) is 2.87. The summed E-state index contributed by atoms with van der Waals surface area (Å²) < 4.78 is 0. The molecule has 2 N–H and O–H groups in total. The second kappa shape index (κ2) is 9.00. The van der Waals surface area contributed by atoms with Gasteiger partial charge in [0.2, 0.25) is 0 Å². The van der Waals surface area contributed by atoms with E-state index in [1.54, 1.807) is 0 Å². The van der Waals surface area contributed by atoms with Crippen LogP contribution in [-0.4, -0.2) is 26.2 Å². The third kappa shape index (κ3) is 5.86. The van der Waals surface area contributed by atoms with E-state index >= 15 is 0 Å². The Labute approximate surface area is 102 Å². The Morgan fingerprint density at radius 2 is 0.938 bits per heavy atom. The van der Waals surface area contributed by atoms with Gasteiger partial charge < -0.3 is 10.6 Å². The van der Waals surface area contributed by atoms with E-state index in [2.05, 4.69) is 10.6 Å². The average molecular weight is 226 g/mol. The van der Waals surface area contributed by atoms with Gasteiger partial charge in [-0.05, 0) is 39.8 Å². The molecule has 2 aliphatic carbocycles. The Hall–Kier alpha value is -0.0800. The van der Waals surface area contributed by atoms with Gasteiger partial charge in [-0.15, -0.1) is 0 Å². The number of rotatable bonds is 2. The molecule has 0 atom stereocenters. The monoisotopic (exact) mass is 226 g/mol. The molecule has 2 aliphatic rings. The highest BCUT2D eigenvalue weighted by atomic mass is 14.9. The van der Waals surface area contributed by atoms with Gasteiger partial charge in [-0.3, -0.25) is 0 Å². The molecule has 0 aliphatic heterocycles. The lowest BCUT2D eigenvalue weighted by atomic mass is 9.91. The van der Waals surface area contributed by atoms with Crippen molar-refractivity contribution in [2.75, 3.05) is 14.1 Å². The highest BCUT2D eigenvalue weighted by Gasteiger charge is 2.19. The zero-order valence-corrected chi connectivity index (χ0v) is 11.2. The molecule has 0 aromatic carbocycles. The second-order valence-corrected chi connectivity index (χ2v) is 5.34. The van der Waals surface area contributed by atoms with E-state index in [0.717, 1.165) is 12.1 Å². The largest absolute Gasteiger partial charge is 0.323 e. The fourth-order valence-corrected chi connectivity index (χ4v) is 2.87. The molecule has 2 rings (SSSR count). The SMILES string of the molecule is C1CCC(NC2CCCCC2)CC1.CNC. The van der Waals surface area contributed by atoms with Gasteiger partial charge in [0, 0.05) is 12.1 Å². The highest BCUT2D eigenvalue weighted by Crippen LogP contribution is 2.22. The van der Waals surface area contributed by atoms with Crippen LogP contribution in [-0.2, 0) is 0 Å².